The fraction of sp³-hybridized carbons (Fsp3) is 0.0182. The second kappa shape index (κ2) is 12.3. The number of hydrogen-bond acceptors (Lipinski definition) is 2. The molecule has 2 aliphatic rings. The molecule has 1 spiro atoms. The SMILES string of the molecule is c1ccc(-c2ccccc2N(c2ccc3c(c2)C2(c4ccccc4-c4ccccc4-c4ccccc42)c2ccccc2-3)c2ccc3c(c2)oc2ccccc23)cc1. The Labute approximate surface area is 331 Å². The van der Waals surface area contributed by atoms with E-state index in [9.17, 15) is 0 Å². The van der Waals surface area contributed by atoms with E-state index in [-0.39, 0.29) is 0 Å². The van der Waals surface area contributed by atoms with Gasteiger partial charge < -0.3 is 9.32 Å². The van der Waals surface area contributed by atoms with Crippen molar-refractivity contribution in [2.75, 3.05) is 4.90 Å². The molecule has 10 aromatic rings. The Morgan fingerprint density at radius 3 is 1.47 bits per heavy atom. The molecule has 1 heterocycles. The van der Waals surface area contributed by atoms with Crippen molar-refractivity contribution in [3.05, 3.63) is 235 Å². The first kappa shape index (κ1) is 31.9. The van der Waals surface area contributed by atoms with Gasteiger partial charge in [-0.2, -0.15) is 0 Å². The molecule has 266 valence electrons. The summed E-state index contributed by atoms with van der Waals surface area (Å²) in [5.41, 5.74) is 19.5. The van der Waals surface area contributed by atoms with Crippen LogP contribution in [0.15, 0.2) is 217 Å². The summed E-state index contributed by atoms with van der Waals surface area (Å²) in [7, 11) is 0. The fourth-order valence-corrected chi connectivity index (χ4v) is 9.99. The van der Waals surface area contributed by atoms with Crippen LogP contribution in [-0.4, -0.2) is 0 Å². The molecule has 0 fully saturated rings. The molecule has 0 bridgehead atoms. The molecular formula is C55H35NO. The molecular weight excluding hydrogens is 691 g/mol. The highest BCUT2D eigenvalue weighted by Gasteiger charge is 2.49. The average Bonchev–Trinajstić information content (AvgIpc) is 3.76. The van der Waals surface area contributed by atoms with Crippen molar-refractivity contribution in [1.29, 1.82) is 0 Å². The normalized spacial score (nSPS) is 13.1. The van der Waals surface area contributed by atoms with Crippen molar-refractivity contribution in [3.8, 4) is 44.5 Å². The minimum atomic E-state index is -0.582. The molecule has 0 saturated heterocycles. The van der Waals surface area contributed by atoms with E-state index in [1.807, 2.05) is 6.07 Å². The van der Waals surface area contributed by atoms with Gasteiger partial charge in [0.15, 0.2) is 0 Å². The zero-order valence-corrected chi connectivity index (χ0v) is 31.1. The molecule has 2 heteroatoms. The van der Waals surface area contributed by atoms with E-state index >= 15 is 0 Å². The number of benzene rings is 9. The predicted molar refractivity (Wildman–Crippen MR) is 236 cm³/mol. The minimum absolute atomic E-state index is 0.582. The van der Waals surface area contributed by atoms with Crippen LogP contribution in [0.4, 0.5) is 17.1 Å². The van der Waals surface area contributed by atoms with Gasteiger partial charge in [-0.15, -0.1) is 0 Å². The lowest BCUT2D eigenvalue weighted by molar-refractivity contribution is 0.669. The Hall–Kier alpha value is -7.42. The third-order valence-electron chi connectivity index (χ3n) is 12.3. The Morgan fingerprint density at radius 1 is 0.316 bits per heavy atom. The Kier molecular flexibility index (Phi) is 6.88. The van der Waals surface area contributed by atoms with E-state index in [0.29, 0.717) is 0 Å². The largest absolute Gasteiger partial charge is 0.456 e. The standard InChI is InChI=1S/C55H35NO/c1-2-16-36(17-3-1)39-18-9-14-28-52(39)56(38-31-33-47-46-24-10-15-29-53(46)57-54(47)35-38)37-30-32-45-44-23-8-13-27-50(44)55(51(45)34-37)48-25-11-6-21-42(48)40-19-4-5-20-41(40)43-22-7-12-26-49(43)55/h1-35H. The van der Waals surface area contributed by atoms with Gasteiger partial charge in [0, 0.05) is 33.8 Å². The first-order valence-corrected chi connectivity index (χ1v) is 19.7. The highest BCUT2D eigenvalue weighted by atomic mass is 16.3. The lowest BCUT2D eigenvalue weighted by atomic mass is 9.66. The molecule has 0 aliphatic heterocycles. The van der Waals surface area contributed by atoms with Gasteiger partial charge in [-0.05, 0) is 97.6 Å². The quantitative estimate of drug-likeness (QED) is 0.180. The molecule has 9 aromatic carbocycles. The molecule has 0 saturated carbocycles. The van der Waals surface area contributed by atoms with Crippen LogP contribution >= 0.6 is 0 Å². The third-order valence-corrected chi connectivity index (χ3v) is 12.3. The number of anilines is 3. The van der Waals surface area contributed by atoms with Crippen LogP contribution in [-0.2, 0) is 5.41 Å². The van der Waals surface area contributed by atoms with Gasteiger partial charge in [0.05, 0.1) is 11.1 Å². The fourth-order valence-electron chi connectivity index (χ4n) is 9.99. The maximum Gasteiger partial charge on any atom is 0.137 e. The van der Waals surface area contributed by atoms with E-state index in [2.05, 4.69) is 211 Å². The number of hydrogen-bond donors (Lipinski definition) is 0. The van der Waals surface area contributed by atoms with Gasteiger partial charge in [-0.25, -0.2) is 0 Å². The van der Waals surface area contributed by atoms with E-state index in [4.69, 9.17) is 4.42 Å². The number of para-hydroxylation sites is 2. The monoisotopic (exact) mass is 725 g/mol. The summed E-state index contributed by atoms with van der Waals surface area (Å²) in [4.78, 5) is 2.43. The van der Waals surface area contributed by atoms with Crippen molar-refractivity contribution in [3.63, 3.8) is 0 Å². The summed E-state index contributed by atoms with van der Waals surface area (Å²) in [5, 5.41) is 2.24. The molecule has 0 amide bonds. The van der Waals surface area contributed by atoms with Crippen LogP contribution in [0.2, 0.25) is 0 Å². The summed E-state index contributed by atoms with van der Waals surface area (Å²) >= 11 is 0. The lowest BCUT2D eigenvalue weighted by Gasteiger charge is -2.36. The molecule has 57 heavy (non-hydrogen) atoms. The van der Waals surface area contributed by atoms with Crippen LogP contribution in [0.25, 0.3) is 66.4 Å². The van der Waals surface area contributed by atoms with Crippen molar-refractivity contribution in [2.24, 2.45) is 0 Å². The van der Waals surface area contributed by atoms with Crippen LogP contribution < -0.4 is 4.90 Å². The molecule has 12 rings (SSSR count). The van der Waals surface area contributed by atoms with E-state index in [1.54, 1.807) is 0 Å². The van der Waals surface area contributed by atoms with Gasteiger partial charge in [0.1, 0.15) is 11.2 Å². The number of nitrogens with zero attached hydrogens (tertiary/aromatic N) is 1. The highest BCUT2D eigenvalue weighted by Crippen LogP contribution is 2.62. The second-order valence-electron chi connectivity index (χ2n) is 15.2. The van der Waals surface area contributed by atoms with Crippen molar-refractivity contribution >= 4 is 39.0 Å². The van der Waals surface area contributed by atoms with Gasteiger partial charge in [0.2, 0.25) is 0 Å². The average molecular weight is 726 g/mol. The molecule has 2 aliphatic carbocycles. The lowest BCUT2D eigenvalue weighted by Crippen LogP contribution is -2.29. The highest BCUT2D eigenvalue weighted by molar-refractivity contribution is 6.06. The Balaban J connectivity index is 1.18. The first-order valence-electron chi connectivity index (χ1n) is 19.7. The summed E-state index contributed by atoms with van der Waals surface area (Å²) in [5.74, 6) is 0. The van der Waals surface area contributed by atoms with Gasteiger partial charge in [-0.1, -0.05) is 170 Å². The summed E-state index contributed by atoms with van der Waals surface area (Å²) in [6.07, 6.45) is 0. The molecule has 2 nitrogen and oxygen atoms in total. The third kappa shape index (κ3) is 4.53. The molecule has 0 atom stereocenters. The first-order chi connectivity index (χ1) is 28.3. The molecule has 0 unspecified atom stereocenters. The topological polar surface area (TPSA) is 16.4 Å². The van der Waals surface area contributed by atoms with Crippen LogP contribution in [0.1, 0.15) is 22.3 Å². The smallest absolute Gasteiger partial charge is 0.137 e. The number of rotatable bonds is 4. The van der Waals surface area contributed by atoms with Crippen LogP contribution in [0.5, 0.6) is 0 Å². The van der Waals surface area contributed by atoms with Crippen molar-refractivity contribution in [2.45, 2.75) is 5.41 Å². The molecule has 0 N–H and O–H groups in total. The maximum absolute atomic E-state index is 6.53. The van der Waals surface area contributed by atoms with Crippen molar-refractivity contribution < 1.29 is 4.42 Å². The van der Waals surface area contributed by atoms with Crippen LogP contribution in [0.3, 0.4) is 0 Å². The summed E-state index contributed by atoms with van der Waals surface area (Å²) in [6, 6.07) is 77.8. The summed E-state index contributed by atoms with van der Waals surface area (Å²) < 4.78 is 6.53. The number of furan rings is 1. The van der Waals surface area contributed by atoms with Gasteiger partial charge >= 0.3 is 0 Å². The van der Waals surface area contributed by atoms with E-state index < -0.39 is 5.41 Å². The van der Waals surface area contributed by atoms with Crippen molar-refractivity contribution in [1.82, 2.24) is 0 Å². The Morgan fingerprint density at radius 2 is 0.789 bits per heavy atom. The number of fused-ring (bicyclic) bond motifs is 15. The zero-order valence-electron chi connectivity index (χ0n) is 31.1. The van der Waals surface area contributed by atoms with Gasteiger partial charge in [-0.3, -0.25) is 0 Å². The van der Waals surface area contributed by atoms with Gasteiger partial charge in [0.25, 0.3) is 0 Å². The predicted octanol–water partition coefficient (Wildman–Crippen LogP) is 14.7. The van der Waals surface area contributed by atoms with E-state index in [1.165, 1.54) is 55.6 Å². The summed E-state index contributed by atoms with van der Waals surface area (Å²) in [6.45, 7) is 0. The Bertz CT molecular complexity index is 3140. The minimum Gasteiger partial charge on any atom is -0.456 e. The molecule has 0 radical (unpaired) electrons. The maximum atomic E-state index is 6.53. The van der Waals surface area contributed by atoms with E-state index in [0.717, 1.165) is 50.1 Å². The van der Waals surface area contributed by atoms with Crippen LogP contribution in [0, 0.1) is 0 Å². The molecule has 1 aromatic heterocycles. The second-order valence-corrected chi connectivity index (χ2v) is 15.2. The zero-order chi connectivity index (χ0) is 37.5.